The van der Waals surface area contributed by atoms with Crippen LogP contribution in [0.15, 0.2) is 47.3 Å². The van der Waals surface area contributed by atoms with Crippen molar-refractivity contribution in [3.8, 4) is 22.9 Å². The van der Waals surface area contributed by atoms with Crippen LogP contribution in [0.1, 0.15) is 5.56 Å². The second-order valence-corrected chi connectivity index (χ2v) is 7.06. The Hall–Kier alpha value is -2.90. The van der Waals surface area contributed by atoms with Gasteiger partial charge in [0, 0.05) is 17.2 Å². The first-order valence-corrected chi connectivity index (χ1v) is 9.18. The summed E-state index contributed by atoms with van der Waals surface area (Å²) in [6.07, 6.45) is 1.77. The summed E-state index contributed by atoms with van der Waals surface area (Å²) in [5, 5.41) is 8.78. The molecule has 27 heavy (non-hydrogen) atoms. The third-order valence-electron chi connectivity index (χ3n) is 4.09. The van der Waals surface area contributed by atoms with Crippen LogP contribution >= 0.6 is 22.9 Å². The lowest BCUT2D eigenvalue weighted by Crippen LogP contribution is -2.23. The maximum absolute atomic E-state index is 13.0. The van der Waals surface area contributed by atoms with E-state index in [-0.39, 0.29) is 5.56 Å². The fraction of sp³-hybridized carbons (Fsp3) is 0.105. The maximum Gasteiger partial charge on any atom is 0.276 e. The van der Waals surface area contributed by atoms with Gasteiger partial charge in [-0.3, -0.25) is 4.79 Å². The number of benzene rings is 2. The zero-order valence-corrected chi connectivity index (χ0v) is 16.0. The average molecular weight is 400 g/mol. The molecule has 4 aromatic rings. The Kier molecular flexibility index (Phi) is 4.55. The van der Waals surface area contributed by atoms with E-state index < -0.39 is 0 Å². The lowest BCUT2D eigenvalue weighted by Gasteiger charge is -2.06. The van der Waals surface area contributed by atoms with E-state index in [1.165, 1.54) is 15.7 Å². The highest BCUT2D eigenvalue weighted by molar-refractivity contribution is 7.15. The van der Waals surface area contributed by atoms with Gasteiger partial charge in [-0.2, -0.15) is 0 Å². The molecule has 0 spiro atoms. The molecule has 6 nitrogen and oxygen atoms in total. The second-order valence-electron chi connectivity index (χ2n) is 5.65. The number of hydrogen-bond acceptors (Lipinski definition) is 6. The number of rotatable bonds is 4. The summed E-state index contributed by atoms with van der Waals surface area (Å²) in [7, 11) is 3.16. The monoisotopic (exact) mass is 399 g/mol. The van der Waals surface area contributed by atoms with Crippen molar-refractivity contribution in [2.45, 2.75) is 0 Å². The summed E-state index contributed by atoms with van der Waals surface area (Å²) in [5.74, 6) is 1.72. The van der Waals surface area contributed by atoms with Crippen molar-refractivity contribution in [2.75, 3.05) is 14.2 Å². The molecule has 0 atom stereocenters. The van der Waals surface area contributed by atoms with Crippen LogP contribution in [-0.4, -0.2) is 28.8 Å². The quantitative estimate of drug-likeness (QED) is 0.527. The van der Waals surface area contributed by atoms with Crippen LogP contribution in [0.25, 0.3) is 22.4 Å². The lowest BCUT2D eigenvalue weighted by molar-refractivity contribution is 0.393. The number of aromatic nitrogens is 3. The van der Waals surface area contributed by atoms with E-state index in [0.717, 1.165) is 5.56 Å². The number of ether oxygens (including phenoxy) is 2. The molecule has 0 unspecified atom stereocenters. The van der Waals surface area contributed by atoms with Crippen molar-refractivity contribution in [3.63, 3.8) is 0 Å². The second kappa shape index (κ2) is 7.02. The minimum Gasteiger partial charge on any atom is -0.497 e. The fourth-order valence-corrected chi connectivity index (χ4v) is 3.88. The van der Waals surface area contributed by atoms with Crippen LogP contribution in [0.4, 0.5) is 0 Å². The van der Waals surface area contributed by atoms with Gasteiger partial charge in [0.25, 0.3) is 5.56 Å². The molecule has 0 aliphatic rings. The Morgan fingerprint density at radius 3 is 2.67 bits per heavy atom. The van der Waals surface area contributed by atoms with Crippen LogP contribution in [0.3, 0.4) is 0 Å². The van der Waals surface area contributed by atoms with Crippen LogP contribution < -0.4 is 19.6 Å². The first kappa shape index (κ1) is 17.5. The first-order valence-electron chi connectivity index (χ1n) is 7.99. The number of methoxy groups -OCH3 is 2. The lowest BCUT2D eigenvalue weighted by atomic mass is 10.2. The molecule has 0 radical (unpaired) electrons. The molecule has 2 aromatic heterocycles. The van der Waals surface area contributed by atoms with E-state index in [1.54, 1.807) is 32.4 Å². The zero-order chi connectivity index (χ0) is 19.0. The highest BCUT2D eigenvalue weighted by Gasteiger charge is 2.16. The van der Waals surface area contributed by atoms with Crippen molar-refractivity contribution >= 4 is 34.0 Å². The Morgan fingerprint density at radius 2 is 1.93 bits per heavy atom. The summed E-state index contributed by atoms with van der Waals surface area (Å²) in [6.45, 7) is 0. The minimum absolute atomic E-state index is 0.201. The fourth-order valence-electron chi connectivity index (χ4n) is 2.76. The van der Waals surface area contributed by atoms with Gasteiger partial charge in [0.1, 0.15) is 11.5 Å². The van der Waals surface area contributed by atoms with Crippen LogP contribution in [0, 0.1) is 0 Å². The van der Waals surface area contributed by atoms with Crippen molar-refractivity contribution in [3.05, 3.63) is 67.9 Å². The highest BCUT2D eigenvalue weighted by Crippen LogP contribution is 2.27. The number of nitrogens with zero attached hydrogens (tertiary/aromatic N) is 3. The van der Waals surface area contributed by atoms with Gasteiger partial charge in [0.15, 0.2) is 5.82 Å². The van der Waals surface area contributed by atoms with Crippen LogP contribution in [-0.2, 0) is 0 Å². The molecule has 0 N–H and O–H groups in total. The molecule has 0 saturated carbocycles. The van der Waals surface area contributed by atoms with Crippen molar-refractivity contribution < 1.29 is 9.47 Å². The smallest absolute Gasteiger partial charge is 0.276 e. The third-order valence-corrected chi connectivity index (χ3v) is 5.38. The molecule has 4 rings (SSSR count). The van der Waals surface area contributed by atoms with Gasteiger partial charge in [-0.15, -0.1) is 10.2 Å². The van der Waals surface area contributed by atoms with E-state index in [4.69, 9.17) is 21.1 Å². The molecular weight excluding hydrogens is 386 g/mol. The van der Waals surface area contributed by atoms with E-state index in [0.29, 0.717) is 37.4 Å². The molecule has 0 aliphatic carbocycles. The predicted octanol–water partition coefficient (Wildman–Crippen LogP) is 3.04. The summed E-state index contributed by atoms with van der Waals surface area (Å²) in [4.78, 5) is 13.5. The molecular formula is C19H14ClN3O3S. The standard InChI is InChI=1S/C19H14ClN3O3S/c1-25-12-8-7-11(15(10-12)26-2)9-16-18(24)23-17(21-22-19(23)27-16)13-5-3-4-6-14(13)20/h3-10H,1-2H3. The normalized spacial score (nSPS) is 11.9. The average Bonchev–Trinajstić information content (AvgIpc) is 3.23. The summed E-state index contributed by atoms with van der Waals surface area (Å²) in [5.41, 5.74) is 1.23. The zero-order valence-electron chi connectivity index (χ0n) is 14.5. The molecule has 0 saturated heterocycles. The molecule has 0 bridgehead atoms. The Labute approximate surface area is 163 Å². The molecule has 2 heterocycles. The topological polar surface area (TPSA) is 65.7 Å². The molecule has 2 aromatic carbocycles. The van der Waals surface area contributed by atoms with E-state index in [2.05, 4.69) is 10.2 Å². The largest absolute Gasteiger partial charge is 0.497 e. The van der Waals surface area contributed by atoms with Gasteiger partial charge in [0.2, 0.25) is 4.96 Å². The molecule has 8 heteroatoms. The Morgan fingerprint density at radius 1 is 1.11 bits per heavy atom. The first-order chi connectivity index (χ1) is 13.1. The van der Waals surface area contributed by atoms with E-state index in [9.17, 15) is 4.79 Å². The third kappa shape index (κ3) is 3.05. The Bertz CT molecular complexity index is 1250. The summed E-state index contributed by atoms with van der Waals surface area (Å²) in [6, 6.07) is 12.7. The van der Waals surface area contributed by atoms with Gasteiger partial charge in [-0.25, -0.2) is 4.40 Å². The van der Waals surface area contributed by atoms with E-state index in [1.807, 2.05) is 30.3 Å². The van der Waals surface area contributed by atoms with E-state index >= 15 is 0 Å². The van der Waals surface area contributed by atoms with Crippen LogP contribution in [0.5, 0.6) is 11.5 Å². The molecule has 0 aliphatic heterocycles. The highest BCUT2D eigenvalue weighted by atomic mass is 35.5. The number of thiazole rings is 1. The van der Waals surface area contributed by atoms with Gasteiger partial charge >= 0.3 is 0 Å². The molecule has 136 valence electrons. The Balaban J connectivity index is 1.91. The summed E-state index contributed by atoms with van der Waals surface area (Å²) < 4.78 is 12.6. The number of halogens is 1. The van der Waals surface area contributed by atoms with Crippen molar-refractivity contribution in [2.24, 2.45) is 0 Å². The molecule has 0 fully saturated rings. The van der Waals surface area contributed by atoms with Gasteiger partial charge < -0.3 is 9.47 Å². The van der Waals surface area contributed by atoms with Crippen LogP contribution in [0.2, 0.25) is 5.02 Å². The van der Waals surface area contributed by atoms with Gasteiger partial charge in [-0.1, -0.05) is 35.1 Å². The van der Waals surface area contributed by atoms with Crippen molar-refractivity contribution in [1.82, 2.24) is 14.6 Å². The number of hydrogen-bond donors (Lipinski definition) is 0. The number of fused-ring (bicyclic) bond motifs is 1. The molecule has 0 amide bonds. The SMILES string of the molecule is COc1ccc(C=c2sc3nnc(-c4ccccc4Cl)n3c2=O)c(OC)c1. The minimum atomic E-state index is -0.201. The van der Waals surface area contributed by atoms with Gasteiger partial charge in [-0.05, 0) is 30.3 Å². The maximum atomic E-state index is 13.0. The van der Waals surface area contributed by atoms with Crippen molar-refractivity contribution in [1.29, 1.82) is 0 Å². The van der Waals surface area contributed by atoms with Gasteiger partial charge in [0.05, 0.1) is 23.8 Å². The summed E-state index contributed by atoms with van der Waals surface area (Å²) >= 11 is 7.52. The predicted molar refractivity (Wildman–Crippen MR) is 106 cm³/mol.